The number of ether oxygens (including phenoxy) is 2. The summed E-state index contributed by atoms with van der Waals surface area (Å²) in [5, 5.41) is 19.7. The van der Waals surface area contributed by atoms with E-state index in [1.54, 1.807) is 18.2 Å². The molecule has 1 heterocycles. The minimum atomic E-state index is -0.694. The van der Waals surface area contributed by atoms with Crippen molar-refractivity contribution >= 4 is 17.5 Å². The van der Waals surface area contributed by atoms with Gasteiger partial charge in [-0.2, -0.15) is 0 Å². The molecule has 0 radical (unpaired) electrons. The largest absolute Gasteiger partial charge is 0.493 e. The molecule has 0 bridgehead atoms. The fourth-order valence-electron chi connectivity index (χ4n) is 2.76. The summed E-state index contributed by atoms with van der Waals surface area (Å²) in [7, 11) is 1.52. The molecule has 7 nitrogen and oxygen atoms in total. The zero-order valence-corrected chi connectivity index (χ0v) is 16.9. The first-order chi connectivity index (χ1) is 13.5. The van der Waals surface area contributed by atoms with Gasteiger partial charge in [0.25, 0.3) is 0 Å². The second-order valence-corrected chi connectivity index (χ2v) is 7.70. The number of aromatic nitrogens is 3. The summed E-state index contributed by atoms with van der Waals surface area (Å²) in [4.78, 5) is 11.5. The second-order valence-electron chi connectivity index (χ2n) is 6.71. The first kappa shape index (κ1) is 20.4. The van der Waals surface area contributed by atoms with E-state index in [9.17, 15) is 9.90 Å². The smallest absolute Gasteiger partial charge is 0.191 e. The molecule has 2 aromatic rings. The first-order valence-corrected chi connectivity index (χ1v) is 10.2. The van der Waals surface area contributed by atoms with Gasteiger partial charge in [0, 0.05) is 23.8 Å². The first-order valence-electron chi connectivity index (χ1n) is 9.20. The fraction of sp³-hybridized carbons (Fsp3) is 0.450. The van der Waals surface area contributed by atoms with Gasteiger partial charge in [0.2, 0.25) is 0 Å². The Labute approximate surface area is 168 Å². The highest BCUT2D eigenvalue weighted by Crippen LogP contribution is 2.40. The summed E-state index contributed by atoms with van der Waals surface area (Å²) in [6, 6.07) is 4.99. The highest BCUT2D eigenvalue weighted by Gasteiger charge is 2.30. The monoisotopic (exact) mass is 403 g/mol. The maximum absolute atomic E-state index is 11.5. The Morgan fingerprint density at radius 3 is 2.86 bits per heavy atom. The number of aliphatic hydroxyl groups excluding tert-OH is 1. The number of methoxy groups -OCH3 is 1. The summed E-state index contributed by atoms with van der Waals surface area (Å²) in [6.07, 6.45) is 3.44. The molecule has 1 aliphatic rings. The molecule has 1 unspecified atom stereocenters. The number of benzene rings is 1. The van der Waals surface area contributed by atoms with Crippen molar-refractivity contribution in [1.82, 2.24) is 14.8 Å². The summed E-state index contributed by atoms with van der Waals surface area (Å²) in [5.41, 5.74) is 0.549. The molecular weight excluding hydrogens is 378 g/mol. The molecule has 1 fully saturated rings. The number of ketones is 1. The molecule has 0 spiro atoms. The van der Waals surface area contributed by atoms with Crippen molar-refractivity contribution < 1.29 is 19.4 Å². The zero-order valence-electron chi connectivity index (χ0n) is 16.1. The molecule has 1 aromatic heterocycles. The number of nitrogens with zero attached hydrogens (tertiary/aromatic N) is 3. The Balaban J connectivity index is 1.56. The lowest BCUT2D eigenvalue weighted by Gasteiger charge is -2.15. The zero-order chi connectivity index (χ0) is 20.1. The van der Waals surface area contributed by atoms with Crippen LogP contribution >= 0.6 is 11.8 Å². The number of thioether (sulfide) groups is 1. The Hall–Kier alpha value is -2.32. The third-order valence-electron chi connectivity index (χ3n) is 4.41. The molecule has 3 rings (SSSR count). The Bertz CT molecular complexity index is 848. The highest BCUT2D eigenvalue weighted by atomic mass is 32.2. The quantitative estimate of drug-likeness (QED) is 0.350. The standard InChI is InChI=1S/C20H25N3O4S/c1-4-9-23-19(14-5-6-14)21-22-20(23)28-12-16(25)11-27-17-8-7-15(13(2)24)10-18(17)26-3/h4,7-8,10,14,16,25H,1,5-6,9,11-12H2,2-3H3. The maximum Gasteiger partial charge on any atom is 0.191 e. The van der Waals surface area contributed by atoms with Crippen LogP contribution in [0.1, 0.15) is 41.9 Å². The maximum atomic E-state index is 11.5. The molecule has 0 aliphatic heterocycles. The number of allylic oxidation sites excluding steroid dienone is 1. The Kier molecular flexibility index (Phi) is 6.74. The number of carbonyl (C=O) groups is 1. The van der Waals surface area contributed by atoms with Gasteiger partial charge < -0.3 is 19.1 Å². The van der Waals surface area contributed by atoms with Gasteiger partial charge in [0.15, 0.2) is 22.4 Å². The van der Waals surface area contributed by atoms with E-state index >= 15 is 0 Å². The summed E-state index contributed by atoms with van der Waals surface area (Å²) in [6.45, 7) is 6.06. The topological polar surface area (TPSA) is 86.5 Å². The Morgan fingerprint density at radius 2 is 2.21 bits per heavy atom. The van der Waals surface area contributed by atoms with E-state index in [4.69, 9.17) is 9.47 Å². The van der Waals surface area contributed by atoms with Crippen LogP contribution < -0.4 is 9.47 Å². The van der Waals surface area contributed by atoms with Crippen LogP contribution in [0.25, 0.3) is 0 Å². The van der Waals surface area contributed by atoms with Gasteiger partial charge in [0.1, 0.15) is 12.4 Å². The van der Waals surface area contributed by atoms with E-state index in [0.29, 0.717) is 35.3 Å². The normalized spacial score (nSPS) is 14.5. The molecule has 150 valence electrons. The van der Waals surface area contributed by atoms with E-state index in [1.807, 2.05) is 6.08 Å². The predicted octanol–water partition coefficient (Wildman–Crippen LogP) is 3.08. The SMILES string of the molecule is C=CCn1c(SCC(O)COc2ccc(C(C)=O)cc2OC)nnc1C1CC1. The van der Waals surface area contributed by atoms with Gasteiger partial charge in [-0.25, -0.2) is 0 Å². The van der Waals surface area contributed by atoms with Gasteiger partial charge >= 0.3 is 0 Å². The predicted molar refractivity (Wildman–Crippen MR) is 107 cm³/mol. The fourth-order valence-corrected chi connectivity index (χ4v) is 3.62. The molecule has 1 aromatic carbocycles. The second kappa shape index (κ2) is 9.25. The third-order valence-corrected chi connectivity index (χ3v) is 5.52. The van der Waals surface area contributed by atoms with Crippen LogP contribution in [0.5, 0.6) is 11.5 Å². The summed E-state index contributed by atoms with van der Waals surface area (Å²) in [5.74, 6) is 2.84. The number of carbonyl (C=O) groups excluding carboxylic acids is 1. The van der Waals surface area contributed by atoms with E-state index in [1.165, 1.54) is 25.8 Å². The summed E-state index contributed by atoms with van der Waals surface area (Å²) < 4.78 is 13.0. The highest BCUT2D eigenvalue weighted by molar-refractivity contribution is 7.99. The molecule has 1 saturated carbocycles. The number of Topliss-reactive ketones (excluding diaryl/α,β-unsaturated/α-hetero) is 1. The third kappa shape index (κ3) is 4.94. The lowest BCUT2D eigenvalue weighted by atomic mass is 10.1. The van der Waals surface area contributed by atoms with Crippen molar-refractivity contribution in [3.05, 3.63) is 42.2 Å². The van der Waals surface area contributed by atoms with Crippen LogP contribution in [0, 0.1) is 0 Å². The molecule has 8 heteroatoms. The molecule has 0 saturated heterocycles. The van der Waals surface area contributed by atoms with Crippen LogP contribution in [0.3, 0.4) is 0 Å². The lowest BCUT2D eigenvalue weighted by molar-refractivity contribution is 0.101. The minimum absolute atomic E-state index is 0.0458. The van der Waals surface area contributed by atoms with Gasteiger partial charge in [-0.1, -0.05) is 17.8 Å². The number of hydrogen-bond acceptors (Lipinski definition) is 7. The van der Waals surface area contributed by atoms with E-state index in [2.05, 4.69) is 21.3 Å². The van der Waals surface area contributed by atoms with E-state index in [0.717, 1.165) is 23.8 Å². The lowest BCUT2D eigenvalue weighted by Crippen LogP contribution is -2.20. The minimum Gasteiger partial charge on any atom is -0.493 e. The van der Waals surface area contributed by atoms with E-state index < -0.39 is 6.10 Å². The molecule has 0 amide bonds. The van der Waals surface area contributed by atoms with E-state index in [-0.39, 0.29) is 12.4 Å². The Morgan fingerprint density at radius 1 is 1.43 bits per heavy atom. The number of rotatable bonds is 11. The van der Waals surface area contributed by atoms with Gasteiger partial charge in [0.05, 0.1) is 13.2 Å². The van der Waals surface area contributed by atoms with Crippen LogP contribution in [0.2, 0.25) is 0 Å². The van der Waals surface area contributed by atoms with Crippen molar-refractivity contribution in [1.29, 1.82) is 0 Å². The van der Waals surface area contributed by atoms with Crippen LogP contribution in [-0.4, -0.2) is 51.2 Å². The molecule has 1 atom stereocenters. The van der Waals surface area contributed by atoms with Crippen molar-refractivity contribution in [2.75, 3.05) is 19.5 Å². The van der Waals surface area contributed by atoms with Gasteiger partial charge in [-0.3, -0.25) is 4.79 Å². The average Bonchev–Trinajstić information content (AvgIpc) is 3.46. The van der Waals surface area contributed by atoms with Gasteiger partial charge in [-0.15, -0.1) is 16.8 Å². The molecule has 28 heavy (non-hydrogen) atoms. The van der Waals surface area contributed by atoms with Crippen molar-refractivity contribution in [3.63, 3.8) is 0 Å². The molecule has 1 aliphatic carbocycles. The average molecular weight is 404 g/mol. The number of aliphatic hydroxyl groups is 1. The van der Waals surface area contributed by atoms with Crippen LogP contribution in [0.4, 0.5) is 0 Å². The van der Waals surface area contributed by atoms with Crippen LogP contribution in [-0.2, 0) is 6.54 Å². The van der Waals surface area contributed by atoms with Crippen molar-refractivity contribution in [3.8, 4) is 11.5 Å². The number of hydrogen-bond donors (Lipinski definition) is 1. The van der Waals surface area contributed by atoms with Crippen molar-refractivity contribution in [2.24, 2.45) is 0 Å². The molecule has 1 N–H and O–H groups in total. The summed E-state index contributed by atoms with van der Waals surface area (Å²) >= 11 is 1.45. The molecular formula is C20H25N3O4S. The van der Waals surface area contributed by atoms with Crippen molar-refractivity contribution in [2.45, 2.75) is 43.5 Å². The van der Waals surface area contributed by atoms with Crippen LogP contribution in [0.15, 0.2) is 36.0 Å². The van der Waals surface area contributed by atoms with Gasteiger partial charge in [-0.05, 0) is 38.0 Å².